The molecule has 1 aliphatic carbocycles. The zero-order valence-corrected chi connectivity index (χ0v) is 9.03. The fourth-order valence-electron chi connectivity index (χ4n) is 2.08. The smallest absolute Gasteiger partial charge is 0.252 e. The minimum Gasteiger partial charge on any atom is -0.366 e. The van der Waals surface area contributed by atoms with Gasteiger partial charge < -0.3 is 5.32 Å². The molecule has 5 heteroatoms. The summed E-state index contributed by atoms with van der Waals surface area (Å²) in [6.45, 7) is 0. The van der Waals surface area contributed by atoms with Crippen molar-refractivity contribution in [3.05, 3.63) is 30.6 Å². The van der Waals surface area contributed by atoms with E-state index in [0.717, 1.165) is 10.9 Å². The Kier molecular flexibility index (Phi) is 2.21. The molecule has 1 heterocycles. The van der Waals surface area contributed by atoms with Crippen LogP contribution >= 0.6 is 0 Å². The third-order valence-corrected chi connectivity index (χ3v) is 2.97. The van der Waals surface area contributed by atoms with Crippen molar-refractivity contribution in [2.45, 2.75) is 24.8 Å². The topological polar surface area (TPSA) is 37.8 Å². The van der Waals surface area contributed by atoms with Gasteiger partial charge in [0.1, 0.15) is 12.1 Å². The Hall–Kier alpha value is -1.78. The minimum atomic E-state index is -2.51. The largest absolute Gasteiger partial charge is 0.366 e. The molecule has 0 atom stereocenters. The molecule has 0 bridgehead atoms. The fourth-order valence-corrected chi connectivity index (χ4v) is 2.08. The van der Waals surface area contributed by atoms with Gasteiger partial charge >= 0.3 is 0 Å². The van der Waals surface area contributed by atoms with Crippen LogP contribution in [-0.2, 0) is 0 Å². The van der Waals surface area contributed by atoms with Gasteiger partial charge in [-0.05, 0) is 12.1 Å². The molecule has 1 aromatic carbocycles. The third-order valence-electron chi connectivity index (χ3n) is 2.97. The molecule has 1 aromatic heterocycles. The molecule has 88 valence electrons. The Morgan fingerprint density at radius 2 is 1.94 bits per heavy atom. The molecule has 1 saturated carbocycles. The predicted molar refractivity (Wildman–Crippen MR) is 61.1 cm³/mol. The van der Waals surface area contributed by atoms with Crippen molar-refractivity contribution in [3.8, 4) is 0 Å². The lowest BCUT2D eigenvalue weighted by atomic mass is 9.88. The molecular formula is C12H11F2N3. The second-order valence-electron chi connectivity index (χ2n) is 4.34. The van der Waals surface area contributed by atoms with Crippen molar-refractivity contribution < 1.29 is 8.78 Å². The summed E-state index contributed by atoms with van der Waals surface area (Å²) < 4.78 is 25.5. The molecule has 17 heavy (non-hydrogen) atoms. The first-order valence-electron chi connectivity index (χ1n) is 5.48. The van der Waals surface area contributed by atoms with Crippen molar-refractivity contribution in [2.75, 3.05) is 5.32 Å². The summed E-state index contributed by atoms with van der Waals surface area (Å²) >= 11 is 0. The number of anilines is 1. The third kappa shape index (κ3) is 1.92. The van der Waals surface area contributed by atoms with Crippen LogP contribution in [0.15, 0.2) is 30.6 Å². The van der Waals surface area contributed by atoms with Gasteiger partial charge in [-0.15, -0.1) is 0 Å². The highest BCUT2D eigenvalue weighted by Gasteiger charge is 2.45. The van der Waals surface area contributed by atoms with Gasteiger partial charge in [0.15, 0.2) is 0 Å². The predicted octanol–water partition coefficient (Wildman–Crippen LogP) is 2.84. The summed E-state index contributed by atoms with van der Waals surface area (Å²) in [5.74, 6) is -1.88. The summed E-state index contributed by atoms with van der Waals surface area (Å²) in [5.41, 5.74) is 0.816. The van der Waals surface area contributed by atoms with Gasteiger partial charge in [0.2, 0.25) is 0 Å². The van der Waals surface area contributed by atoms with Crippen LogP contribution in [0.4, 0.5) is 14.6 Å². The van der Waals surface area contributed by atoms with E-state index in [-0.39, 0.29) is 18.9 Å². The molecular weight excluding hydrogens is 224 g/mol. The number of para-hydroxylation sites is 1. The Morgan fingerprint density at radius 3 is 2.71 bits per heavy atom. The van der Waals surface area contributed by atoms with Gasteiger partial charge in [-0.3, -0.25) is 0 Å². The monoisotopic (exact) mass is 235 g/mol. The summed E-state index contributed by atoms with van der Waals surface area (Å²) in [6.07, 6.45) is 1.21. The van der Waals surface area contributed by atoms with E-state index in [1.54, 1.807) is 0 Å². The van der Waals surface area contributed by atoms with E-state index in [9.17, 15) is 8.78 Å². The van der Waals surface area contributed by atoms with Crippen molar-refractivity contribution in [2.24, 2.45) is 0 Å². The van der Waals surface area contributed by atoms with Crippen LogP contribution in [0.1, 0.15) is 12.8 Å². The summed E-state index contributed by atoms with van der Waals surface area (Å²) in [5, 5.41) is 3.91. The average Bonchev–Trinajstić information content (AvgIpc) is 2.27. The first-order chi connectivity index (χ1) is 8.14. The Labute approximate surface area is 96.9 Å². The van der Waals surface area contributed by atoms with E-state index in [1.807, 2.05) is 24.3 Å². The fraction of sp³-hybridized carbons (Fsp3) is 0.333. The van der Waals surface area contributed by atoms with E-state index in [1.165, 1.54) is 6.33 Å². The van der Waals surface area contributed by atoms with Gasteiger partial charge in [-0.1, -0.05) is 12.1 Å². The number of nitrogens with zero attached hydrogens (tertiary/aromatic N) is 2. The highest BCUT2D eigenvalue weighted by molar-refractivity contribution is 5.88. The lowest BCUT2D eigenvalue weighted by Gasteiger charge is -2.35. The average molecular weight is 235 g/mol. The molecule has 1 fully saturated rings. The van der Waals surface area contributed by atoms with Crippen molar-refractivity contribution in [1.29, 1.82) is 0 Å². The maximum absolute atomic E-state index is 12.7. The molecule has 2 aromatic rings. The molecule has 1 aliphatic rings. The molecule has 0 unspecified atom stereocenters. The highest BCUT2D eigenvalue weighted by Crippen LogP contribution is 2.39. The summed E-state index contributed by atoms with van der Waals surface area (Å²) in [4.78, 5) is 8.23. The van der Waals surface area contributed by atoms with Gasteiger partial charge in [0, 0.05) is 24.3 Å². The second kappa shape index (κ2) is 3.61. The first-order valence-corrected chi connectivity index (χ1v) is 5.48. The Balaban J connectivity index is 1.86. The van der Waals surface area contributed by atoms with Crippen molar-refractivity contribution >= 4 is 16.7 Å². The zero-order valence-electron chi connectivity index (χ0n) is 9.03. The number of nitrogens with one attached hydrogen (secondary N) is 1. The van der Waals surface area contributed by atoms with Gasteiger partial charge in [0.25, 0.3) is 5.92 Å². The number of hydrogen-bond donors (Lipinski definition) is 1. The van der Waals surface area contributed by atoms with Crippen molar-refractivity contribution in [1.82, 2.24) is 9.97 Å². The van der Waals surface area contributed by atoms with Gasteiger partial charge in [0.05, 0.1) is 5.52 Å². The van der Waals surface area contributed by atoms with Crippen LogP contribution in [-0.4, -0.2) is 21.9 Å². The van der Waals surface area contributed by atoms with Gasteiger partial charge in [-0.2, -0.15) is 0 Å². The lowest BCUT2D eigenvalue weighted by molar-refractivity contribution is -0.0793. The molecule has 1 N–H and O–H groups in total. The van der Waals surface area contributed by atoms with Crippen LogP contribution < -0.4 is 5.32 Å². The van der Waals surface area contributed by atoms with Crippen LogP contribution in [0.5, 0.6) is 0 Å². The van der Waals surface area contributed by atoms with Crippen molar-refractivity contribution in [3.63, 3.8) is 0 Å². The number of benzene rings is 1. The lowest BCUT2D eigenvalue weighted by Crippen LogP contribution is -2.44. The van der Waals surface area contributed by atoms with Gasteiger partial charge in [-0.25, -0.2) is 18.7 Å². The number of alkyl halides is 2. The highest BCUT2D eigenvalue weighted by atomic mass is 19.3. The zero-order chi connectivity index (χ0) is 11.9. The number of hydrogen-bond acceptors (Lipinski definition) is 3. The summed E-state index contributed by atoms with van der Waals surface area (Å²) in [6, 6.07) is 7.33. The molecule has 0 radical (unpaired) electrons. The summed E-state index contributed by atoms with van der Waals surface area (Å²) in [7, 11) is 0. The SMILES string of the molecule is FC1(F)CC(Nc2ncnc3ccccc23)C1. The molecule has 3 nitrogen and oxygen atoms in total. The quantitative estimate of drug-likeness (QED) is 0.869. The number of rotatable bonds is 2. The first kappa shape index (κ1) is 10.4. The van der Waals surface area contributed by atoms with E-state index >= 15 is 0 Å². The Morgan fingerprint density at radius 1 is 1.18 bits per heavy atom. The standard InChI is InChI=1S/C12H11F2N3/c13-12(14)5-8(6-12)17-11-9-3-1-2-4-10(9)15-7-16-11/h1-4,7-8H,5-6H2,(H,15,16,17). The molecule has 0 amide bonds. The van der Waals surface area contributed by atoms with Crippen LogP contribution in [0.25, 0.3) is 10.9 Å². The Bertz CT molecular complexity index is 543. The van der Waals surface area contributed by atoms with E-state index in [4.69, 9.17) is 0 Å². The van der Waals surface area contributed by atoms with E-state index < -0.39 is 5.92 Å². The van der Waals surface area contributed by atoms with Crippen LogP contribution in [0.2, 0.25) is 0 Å². The van der Waals surface area contributed by atoms with Crippen LogP contribution in [0, 0.1) is 0 Å². The molecule has 0 spiro atoms. The molecule has 0 saturated heterocycles. The number of aromatic nitrogens is 2. The molecule has 3 rings (SSSR count). The maximum Gasteiger partial charge on any atom is 0.252 e. The molecule has 0 aliphatic heterocycles. The minimum absolute atomic E-state index is 0.120. The number of halogens is 2. The van der Waals surface area contributed by atoms with E-state index in [0.29, 0.717) is 5.82 Å². The second-order valence-corrected chi connectivity index (χ2v) is 4.34. The number of fused-ring (bicyclic) bond motifs is 1. The normalized spacial score (nSPS) is 18.9. The van der Waals surface area contributed by atoms with E-state index in [2.05, 4.69) is 15.3 Å². The van der Waals surface area contributed by atoms with Crippen LogP contribution in [0.3, 0.4) is 0 Å². The maximum atomic E-state index is 12.7.